The molecule has 0 unspecified atom stereocenters. The van der Waals surface area contributed by atoms with Crippen LogP contribution in [0.2, 0.25) is 0 Å². The Morgan fingerprint density at radius 1 is 1.05 bits per heavy atom. The maximum absolute atomic E-state index is 5.54. The molecule has 2 fully saturated rings. The fourth-order valence-corrected chi connectivity index (χ4v) is 3.72. The first-order valence-electron chi connectivity index (χ1n) is 7.97. The Morgan fingerprint density at radius 3 is 2.47 bits per heavy atom. The Kier molecular flexibility index (Phi) is 5.27. The standard InChI is InChI=1S/C16H32N2O/c1-15(2)5-4-11-18(12-8-15)13-16(14-19-3)6-9-17-10-7-16/h17H,4-14H2,1-3H3. The molecule has 2 aliphatic rings. The van der Waals surface area contributed by atoms with Gasteiger partial charge in [0.1, 0.15) is 0 Å². The van der Waals surface area contributed by atoms with Gasteiger partial charge in [-0.05, 0) is 63.7 Å². The van der Waals surface area contributed by atoms with E-state index in [1.807, 2.05) is 7.11 Å². The Labute approximate surface area is 119 Å². The van der Waals surface area contributed by atoms with Crippen molar-refractivity contribution in [2.24, 2.45) is 10.8 Å². The molecule has 1 N–H and O–H groups in total. The maximum Gasteiger partial charge on any atom is 0.0531 e. The average molecular weight is 268 g/mol. The van der Waals surface area contributed by atoms with E-state index in [0.29, 0.717) is 10.8 Å². The van der Waals surface area contributed by atoms with Crippen molar-refractivity contribution >= 4 is 0 Å². The molecule has 2 saturated heterocycles. The lowest BCUT2D eigenvalue weighted by Crippen LogP contribution is -2.47. The topological polar surface area (TPSA) is 24.5 Å². The van der Waals surface area contributed by atoms with Crippen LogP contribution in [0.25, 0.3) is 0 Å². The van der Waals surface area contributed by atoms with Gasteiger partial charge in [0, 0.05) is 19.1 Å². The lowest BCUT2D eigenvalue weighted by molar-refractivity contribution is 0.0225. The smallest absolute Gasteiger partial charge is 0.0531 e. The zero-order valence-electron chi connectivity index (χ0n) is 13.1. The van der Waals surface area contributed by atoms with Gasteiger partial charge < -0.3 is 15.0 Å². The molecule has 0 bridgehead atoms. The third-order valence-electron chi connectivity index (χ3n) is 5.11. The van der Waals surface area contributed by atoms with Gasteiger partial charge in [0.25, 0.3) is 0 Å². The van der Waals surface area contributed by atoms with Crippen molar-refractivity contribution in [1.29, 1.82) is 0 Å². The van der Waals surface area contributed by atoms with Crippen molar-refractivity contribution in [3.63, 3.8) is 0 Å². The number of hydrogen-bond acceptors (Lipinski definition) is 3. The van der Waals surface area contributed by atoms with E-state index in [1.54, 1.807) is 0 Å². The highest BCUT2D eigenvalue weighted by atomic mass is 16.5. The summed E-state index contributed by atoms with van der Waals surface area (Å²) >= 11 is 0. The summed E-state index contributed by atoms with van der Waals surface area (Å²) in [5, 5.41) is 3.49. The molecular weight excluding hydrogens is 236 g/mol. The van der Waals surface area contributed by atoms with Gasteiger partial charge in [-0.1, -0.05) is 13.8 Å². The van der Waals surface area contributed by atoms with Gasteiger partial charge in [-0.15, -0.1) is 0 Å². The molecule has 19 heavy (non-hydrogen) atoms. The molecule has 3 nitrogen and oxygen atoms in total. The summed E-state index contributed by atoms with van der Waals surface area (Å²) in [5.41, 5.74) is 0.936. The van der Waals surface area contributed by atoms with Gasteiger partial charge in [0.05, 0.1) is 6.61 Å². The normalized spacial score (nSPS) is 27.9. The molecule has 0 aromatic rings. The lowest BCUT2D eigenvalue weighted by Gasteiger charge is -2.41. The fraction of sp³-hybridized carbons (Fsp3) is 1.00. The molecule has 0 spiro atoms. The first kappa shape index (κ1) is 15.3. The zero-order chi connectivity index (χ0) is 13.8. The third-order valence-corrected chi connectivity index (χ3v) is 5.11. The van der Waals surface area contributed by atoms with E-state index in [0.717, 1.165) is 19.7 Å². The minimum absolute atomic E-state index is 0.397. The number of ether oxygens (including phenoxy) is 1. The highest BCUT2D eigenvalue weighted by molar-refractivity contribution is 4.89. The van der Waals surface area contributed by atoms with E-state index < -0.39 is 0 Å². The van der Waals surface area contributed by atoms with Crippen molar-refractivity contribution in [2.45, 2.75) is 46.0 Å². The summed E-state index contributed by atoms with van der Waals surface area (Å²) in [6.45, 7) is 11.9. The summed E-state index contributed by atoms with van der Waals surface area (Å²) in [6.07, 6.45) is 6.60. The molecule has 2 aliphatic heterocycles. The summed E-state index contributed by atoms with van der Waals surface area (Å²) in [4.78, 5) is 2.71. The van der Waals surface area contributed by atoms with Crippen molar-refractivity contribution in [2.75, 3.05) is 46.4 Å². The number of nitrogens with zero attached hydrogens (tertiary/aromatic N) is 1. The summed E-state index contributed by atoms with van der Waals surface area (Å²) < 4.78 is 5.54. The monoisotopic (exact) mass is 268 g/mol. The molecule has 0 aromatic carbocycles. The van der Waals surface area contributed by atoms with Gasteiger partial charge in [0.15, 0.2) is 0 Å². The predicted octanol–water partition coefficient (Wildman–Crippen LogP) is 2.51. The Bertz CT molecular complexity index is 266. The van der Waals surface area contributed by atoms with E-state index in [1.165, 1.54) is 51.7 Å². The number of likely N-dealkylation sites (tertiary alicyclic amines) is 1. The highest BCUT2D eigenvalue weighted by Gasteiger charge is 2.35. The number of methoxy groups -OCH3 is 1. The van der Waals surface area contributed by atoms with E-state index in [4.69, 9.17) is 4.74 Å². The van der Waals surface area contributed by atoms with Crippen LogP contribution in [0.5, 0.6) is 0 Å². The molecule has 0 aliphatic carbocycles. The molecule has 0 saturated carbocycles. The lowest BCUT2D eigenvalue weighted by atomic mass is 9.79. The quantitative estimate of drug-likeness (QED) is 0.848. The maximum atomic E-state index is 5.54. The van der Waals surface area contributed by atoms with Crippen LogP contribution in [0.3, 0.4) is 0 Å². The fourth-order valence-electron chi connectivity index (χ4n) is 3.72. The van der Waals surface area contributed by atoms with Crippen LogP contribution in [0.1, 0.15) is 46.0 Å². The van der Waals surface area contributed by atoms with Crippen LogP contribution in [-0.4, -0.2) is 51.3 Å². The number of nitrogens with one attached hydrogen (secondary N) is 1. The minimum Gasteiger partial charge on any atom is -0.384 e. The van der Waals surface area contributed by atoms with Crippen molar-refractivity contribution in [1.82, 2.24) is 10.2 Å². The molecule has 0 amide bonds. The first-order chi connectivity index (χ1) is 9.05. The molecule has 112 valence electrons. The number of hydrogen-bond donors (Lipinski definition) is 1. The molecule has 2 rings (SSSR count). The number of rotatable bonds is 4. The largest absolute Gasteiger partial charge is 0.384 e. The SMILES string of the molecule is COCC1(CN2CCCC(C)(C)CC2)CCNCC1. The molecule has 0 atom stereocenters. The van der Waals surface area contributed by atoms with Crippen LogP contribution in [0.15, 0.2) is 0 Å². The molecule has 0 aromatic heterocycles. The second-order valence-corrected chi connectivity index (χ2v) is 7.48. The molecule has 3 heteroatoms. The van der Waals surface area contributed by atoms with Gasteiger partial charge in [-0.25, -0.2) is 0 Å². The summed E-state index contributed by atoms with van der Waals surface area (Å²) in [7, 11) is 1.86. The Balaban J connectivity index is 1.93. The molecular formula is C16H32N2O. The van der Waals surface area contributed by atoms with Gasteiger partial charge in [-0.3, -0.25) is 0 Å². The van der Waals surface area contributed by atoms with Crippen LogP contribution >= 0.6 is 0 Å². The second kappa shape index (κ2) is 6.55. The van der Waals surface area contributed by atoms with Gasteiger partial charge in [-0.2, -0.15) is 0 Å². The van der Waals surface area contributed by atoms with Gasteiger partial charge in [0.2, 0.25) is 0 Å². The van der Waals surface area contributed by atoms with Crippen LogP contribution < -0.4 is 5.32 Å². The van der Waals surface area contributed by atoms with Crippen molar-refractivity contribution in [3.8, 4) is 0 Å². The van der Waals surface area contributed by atoms with E-state index in [-0.39, 0.29) is 0 Å². The van der Waals surface area contributed by atoms with Crippen LogP contribution in [0.4, 0.5) is 0 Å². The first-order valence-corrected chi connectivity index (χ1v) is 7.97. The van der Waals surface area contributed by atoms with E-state index >= 15 is 0 Å². The van der Waals surface area contributed by atoms with E-state index in [2.05, 4.69) is 24.1 Å². The Hall–Kier alpha value is -0.120. The molecule has 2 heterocycles. The second-order valence-electron chi connectivity index (χ2n) is 7.48. The predicted molar refractivity (Wildman–Crippen MR) is 80.5 cm³/mol. The average Bonchev–Trinajstić information content (AvgIpc) is 2.52. The molecule has 0 radical (unpaired) electrons. The number of piperidine rings is 1. The minimum atomic E-state index is 0.397. The van der Waals surface area contributed by atoms with Gasteiger partial charge >= 0.3 is 0 Å². The summed E-state index contributed by atoms with van der Waals surface area (Å²) in [6, 6.07) is 0. The highest BCUT2D eigenvalue weighted by Crippen LogP contribution is 2.34. The van der Waals surface area contributed by atoms with Crippen LogP contribution in [0, 0.1) is 10.8 Å². The van der Waals surface area contributed by atoms with E-state index in [9.17, 15) is 0 Å². The van der Waals surface area contributed by atoms with Crippen molar-refractivity contribution in [3.05, 3.63) is 0 Å². The zero-order valence-corrected chi connectivity index (χ0v) is 13.1. The van der Waals surface area contributed by atoms with Crippen molar-refractivity contribution < 1.29 is 4.74 Å². The Morgan fingerprint density at radius 2 is 1.79 bits per heavy atom. The van der Waals surface area contributed by atoms with Crippen LogP contribution in [-0.2, 0) is 4.74 Å². The third kappa shape index (κ3) is 4.44. The summed E-state index contributed by atoms with van der Waals surface area (Å²) in [5.74, 6) is 0.